The molecule has 1 N–H and O–H groups in total. The molecule has 0 aliphatic carbocycles. The van der Waals surface area contributed by atoms with Crippen LogP contribution in [0.15, 0.2) is 34.7 Å². The number of thioether (sulfide) groups is 1. The Morgan fingerprint density at radius 3 is 2.81 bits per heavy atom. The molecule has 1 fully saturated rings. The average molecular weight is 391 g/mol. The molecule has 1 aromatic heterocycles. The number of piperidine rings is 1. The molecule has 0 radical (unpaired) electrons. The first kappa shape index (κ1) is 19.5. The van der Waals surface area contributed by atoms with E-state index in [0.717, 1.165) is 36.6 Å². The van der Waals surface area contributed by atoms with Crippen molar-refractivity contribution in [2.24, 2.45) is 0 Å². The summed E-state index contributed by atoms with van der Waals surface area (Å²) in [5.41, 5.74) is 0.951. The fourth-order valence-electron chi connectivity index (χ4n) is 3.31. The minimum absolute atomic E-state index is 0.0406. The molecular formula is C20H26N2O4S. The van der Waals surface area contributed by atoms with E-state index in [1.807, 2.05) is 35.4 Å². The third-order valence-corrected chi connectivity index (χ3v) is 5.20. The molecule has 146 valence electrons. The molecule has 2 aromatic rings. The monoisotopic (exact) mass is 390 g/mol. The Balaban J connectivity index is 1.64. The number of benzene rings is 1. The van der Waals surface area contributed by atoms with Crippen LogP contribution in [0, 0.1) is 0 Å². The first-order valence-electron chi connectivity index (χ1n) is 9.00. The molecule has 1 atom stereocenters. The van der Waals surface area contributed by atoms with Crippen LogP contribution < -0.4 is 14.8 Å². The minimum atomic E-state index is -0.0406. The quantitative estimate of drug-likeness (QED) is 0.774. The maximum atomic E-state index is 12.8. The molecule has 6 nitrogen and oxygen atoms in total. The first-order chi connectivity index (χ1) is 13.1. The number of amides is 1. The molecule has 27 heavy (non-hydrogen) atoms. The number of furan rings is 1. The number of ether oxygens (including phenoxy) is 2. The Kier molecular flexibility index (Phi) is 6.55. The van der Waals surface area contributed by atoms with E-state index in [-0.39, 0.29) is 11.9 Å². The second kappa shape index (κ2) is 9.08. The van der Waals surface area contributed by atoms with Crippen LogP contribution in [0.4, 0.5) is 5.69 Å². The van der Waals surface area contributed by atoms with Gasteiger partial charge in [0.15, 0.2) is 17.3 Å². The molecule has 0 saturated carbocycles. The summed E-state index contributed by atoms with van der Waals surface area (Å²) >= 11 is 1.67. The van der Waals surface area contributed by atoms with Crippen molar-refractivity contribution in [3.05, 3.63) is 41.9 Å². The summed E-state index contributed by atoms with van der Waals surface area (Å²) in [4.78, 5) is 14.6. The van der Waals surface area contributed by atoms with Crippen molar-refractivity contribution in [2.45, 2.75) is 24.6 Å². The highest BCUT2D eigenvalue weighted by atomic mass is 32.2. The van der Waals surface area contributed by atoms with Gasteiger partial charge in [-0.25, -0.2) is 0 Å². The third-order valence-electron chi connectivity index (χ3n) is 4.62. The summed E-state index contributed by atoms with van der Waals surface area (Å²) in [7, 11) is 3.24. The molecule has 1 aromatic carbocycles. The van der Waals surface area contributed by atoms with Crippen LogP contribution in [0.5, 0.6) is 11.5 Å². The molecule has 1 amide bonds. The molecule has 7 heteroatoms. The van der Waals surface area contributed by atoms with Gasteiger partial charge in [-0.1, -0.05) is 0 Å². The number of methoxy groups -OCH3 is 2. The van der Waals surface area contributed by atoms with Gasteiger partial charge < -0.3 is 24.1 Å². The molecule has 0 unspecified atom stereocenters. The van der Waals surface area contributed by atoms with Crippen LogP contribution in [-0.2, 0) is 5.75 Å². The van der Waals surface area contributed by atoms with Gasteiger partial charge in [-0.15, -0.1) is 0 Å². The number of rotatable bonds is 7. The minimum Gasteiger partial charge on any atom is -0.493 e. The topological polar surface area (TPSA) is 63.9 Å². The van der Waals surface area contributed by atoms with E-state index < -0.39 is 0 Å². The van der Waals surface area contributed by atoms with Crippen molar-refractivity contribution in [1.29, 1.82) is 0 Å². The predicted molar refractivity (Wildman–Crippen MR) is 108 cm³/mol. The zero-order valence-corrected chi connectivity index (χ0v) is 16.8. The Hall–Kier alpha value is -2.28. The van der Waals surface area contributed by atoms with Gasteiger partial charge in [0.2, 0.25) is 0 Å². The van der Waals surface area contributed by atoms with Gasteiger partial charge >= 0.3 is 0 Å². The Labute approximate surface area is 164 Å². The molecule has 2 heterocycles. The standard InChI is InChI=1S/C20H26N2O4S/c1-24-17-8-6-14(11-19(17)25-2)21-15-5-4-10-22(12-15)20(23)18-9-7-16(26-18)13-27-3/h6-9,11,15,21H,4-5,10,12-13H2,1-3H3/t15-/m0/s1. The number of carbonyl (C=O) groups excluding carboxylic acids is 1. The maximum absolute atomic E-state index is 12.8. The first-order valence-corrected chi connectivity index (χ1v) is 10.4. The number of likely N-dealkylation sites (tertiary alicyclic amines) is 1. The van der Waals surface area contributed by atoms with Crippen molar-refractivity contribution in [1.82, 2.24) is 4.90 Å². The zero-order valence-electron chi connectivity index (χ0n) is 16.0. The second-order valence-electron chi connectivity index (χ2n) is 6.50. The summed E-state index contributed by atoms with van der Waals surface area (Å²) in [6.45, 7) is 1.40. The number of anilines is 1. The van der Waals surface area contributed by atoms with Gasteiger partial charge in [-0.05, 0) is 43.4 Å². The largest absolute Gasteiger partial charge is 0.493 e. The SMILES string of the molecule is COc1ccc(N[C@H]2CCCN(C(=O)c3ccc(CSC)o3)C2)cc1OC. The fourth-order valence-corrected chi connectivity index (χ4v) is 3.75. The number of nitrogens with zero attached hydrogens (tertiary/aromatic N) is 1. The van der Waals surface area contributed by atoms with Gasteiger partial charge in [0.1, 0.15) is 5.76 Å². The molecule has 1 aliphatic rings. The van der Waals surface area contributed by atoms with Crippen molar-refractivity contribution in [3.63, 3.8) is 0 Å². The van der Waals surface area contributed by atoms with Crippen LogP contribution in [0.1, 0.15) is 29.2 Å². The number of nitrogens with one attached hydrogen (secondary N) is 1. The summed E-state index contributed by atoms with van der Waals surface area (Å²) in [6, 6.07) is 9.60. The lowest BCUT2D eigenvalue weighted by atomic mass is 10.0. The summed E-state index contributed by atoms with van der Waals surface area (Å²) in [6.07, 6.45) is 3.97. The smallest absolute Gasteiger partial charge is 0.289 e. The lowest BCUT2D eigenvalue weighted by Crippen LogP contribution is -2.45. The normalized spacial score (nSPS) is 16.9. The van der Waals surface area contributed by atoms with E-state index in [4.69, 9.17) is 13.9 Å². The number of hydrogen-bond acceptors (Lipinski definition) is 6. The van der Waals surface area contributed by atoms with E-state index in [0.29, 0.717) is 23.8 Å². The lowest BCUT2D eigenvalue weighted by Gasteiger charge is -2.33. The third kappa shape index (κ3) is 4.71. The molecule has 0 spiro atoms. The molecule has 0 bridgehead atoms. The molecule has 3 rings (SSSR count). The molecular weight excluding hydrogens is 364 g/mol. The summed E-state index contributed by atoms with van der Waals surface area (Å²) in [5.74, 6) is 3.37. The van der Waals surface area contributed by atoms with Crippen molar-refractivity contribution >= 4 is 23.4 Å². The van der Waals surface area contributed by atoms with Gasteiger partial charge in [0, 0.05) is 30.9 Å². The van der Waals surface area contributed by atoms with Gasteiger partial charge in [-0.3, -0.25) is 4.79 Å². The van der Waals surface area contributed by atoms with Gasteiger partial charge in [0.05, 0.1) is 20.0 Å². The Morgan fingerprint density at radius 2 is 2.07 bits per heavy atom. The molecule has 1 aliphatic heterocycles. The highest BCUT2D eigenvalue weighted by molar-refractivity contribution is 7.97. The van der Waals surface area contributed by atoms with Gasteiger partial charge in [0.25, 0.3) is 5.91 Å². The van der Waals surface area contributed by atoms with Crippen LogP contribution in [-0.4, -0.2) is 50.4 Å². The van der Waals surface area contributed by atoms with E-state index in [9.17, 15) is 4.79 Å². The summed E-state index contributed by atoms with van der Waals surface area (Å²) in [5, 5.41) is 3.51. The van der Waals surface area contributed by atoms with Crippen LogP contribution in [0.25, 0.3) is 0 Å². The highest BCUT2D eigenvalue weighted by Crippen LogP contribution is 2.30. The van der Waals surface area contributed by atoms with E-state index in [1.165, 1.54) is 0 Å². The van der Waals surface area contributed by atoms with E-state index >= 15 is 0 Å². The average Bonchev–Trinajstić information content (AvgIpc) is 3.16. The zero-order chi connectivity index (χ0) is 19.2. The van der Waals surface area contributed by atoms with Gasteiger partial charge in [-0.2, -0.15) is 11.8 Å². The highest BCUT2D eigenvalue weighted by Gasteiger charge is 2.26. The van der Waals surface area contributed by atoms with E-state index in [1.54, 1.807) is 32.0 Å². The second-order valence-corrected chi connectivity index (χ2v) is 7.37. The number of carbonyl (C=O) groups is 1. The predicted octanol–water partition coefficient (Wildman–Crippen LogP) is 3.88. The lowest BCUT2D eigenvalue weighted by molar-refractivity contribution is 0.0681. The fraction of sp³-hybridized carbons (Fsp3) is 0.450. The van der Waals surface area contributed by atoms with Crippen LogP contribution >= 0.6 is 11.8 Å². The van der Waals surface area contributed by atoms with Crippen molar-refractivity contribution in [3.8, 4) is 11.5 Å². The van der Waals surface area contributed by atoms with Crippen molar-refractivity contribution < 1.29 is 18.7 Å². The Morgan fingerprint density at radius 1 is 1.26 bits per heavy atom. The van der Waals surface area contributed by atoms with Crippen LogP contribution in [0.2, 0.25) is 0 Å². The maximum Gasteiger partial charge on any atom is 0.289 e. The van der Waals surface area contributed by atoms with Crippen LogP contribution in [0.3, 0.4) is 0 Å². The number of hydrogen-bond donors (Lipinski definition) is 1. The molecule has 1 saturated heterocycles. The van der Waals surface area contributed by atoms with Crippen molar-refractivity contribution in [2.75, 3.05) is 38.9 Å². The van der Waals surface area contributed by atoms with E-state index in [2.05, 4.69) is 5.32 Å². The Bertz CT molecular complexity index is 777. The summed E-state index contributed by atoms with van der Waals surface area (Å²) < 4.78 is 16.3.